The quantitative estimate of drug-likeness (QED) is 0.668. The number of rotatable bonds is 4. The standard InChI is InChI=1S/C16H16N2O3/c1-10(19)11-3-6-13(7-4-11)18-16(20)14-8-5-12(17)9-15(14)21-2/h3-9H,17H2,1-2H3,(H,18,20). The molecule has 0 aliphatic carbocycles. The van der Waals surface area contributed by atoms with Gasteiger partial charge in [0.15, 0.2) is 5.78 Å². The number of benzene rings is 2. The predicted molar refractivity (Wildman–Crippen MR) is 81.8 cm³/mol. The van der Waals surface area contributed by atoms with Crippen molar-refractivity contribution in [2.75, 3.05) is 18.2 Å². The van der Waals surface area contributed by atoms with Crippen LogP contribution in [-0.4, -0.2) is 18.8 Å². The lowest BCUT2D eigenvalue weighted by atomic mass is 10.1. The van der Waals surface area contributed by atoms with Crippen LogP contribution in [0.15, 0.2) is 42.5 Å². The minimum Gasteiger partial charge on any atom is -0.496 e. The molecule has 1 amide bonds. The molecular formula is C16H16N2O3. The van der Waals surface area contributed by atoms with E-state index in [4.69, 9.17) is 10.5 Å². The smallest absolute Gasteiger partial charge is 0.259 e. The number of ether oxygens (including phenoxy) is 1. The molecule has 0 unspecified atom stereocenters. The summed E-state index contributed by atoms with van der Waals surface area (Å²) in [5, 5.41) is 2.75. The number of nitrogen functional groups attached to an aromatic ring is 1. The zero-order valence-corrected chi connectivity index (χ0v) is 11.8. The summed E-state index contributed by atoms with van der Waals surface area (Å²) < 4.78 is 5.15. The number of carbonyl (C=O) groups excluding carboxylic acids is 2. The van der Waals surface area contributed by atoms with Crippen molar-refractivity contribution in [1.29, 1.82) is 0 Å². The number of ketones is 1. The molecular weight excluding hydrogens is 268 g/mol. The molecule has 0 saturated heterocycles. The van der Waals surface area contributed by atoms with Gasteiger partial charge in [0.2, 0.25) is 0 Å². The maximum atomic E-state index is 12.2. The molecule has 0 radical (unpaired) electrons. The number of methoxy groups -OCH3 is 1. The summed E-state index contributed by atoms with van der Waals surface area (Å²) in [6.45, 7) is 1.49. The molecule has 2 aromatic carbocycles. The van der Waals surface area contributed by atoms with Crippen LogP contribution in [0.25, 0.3) is 0 Å². The topological polar surface area (TPSA) is 81.4 Å². The second-order valence-corrected chi connectivity index (χ2v) is 4.55. The average molecular weight is 284 g/mol. The minimum atomic E-state index is -0.303. The van der Waals surface area contributed by atoms with Crippen molar-refractivity contribution in [3.63, 3.8) is 0 Å². The van der Waals surface area contributed by atoms with Gasteiger partial charge in [0.25, 0.3) is 5.91 Å². The Morgan fingerprint density at radius 3 is 2.33 bits per heavy atom. The van der Waals surface area contributed by atoms with Gasteiger partial charge in [-0.25, -0.2) is 0 Å². The number of Topliss-reactive ketones (excluding diaryl/α,β-unsaturated/α-hetero) is 1. The van der Waals surface area contributed by atoms with Crippen LogP contribution in [-0.2, 0) is 0 Å². The molecule has 0 atom stereocenters. The van der Waals surface area contributed by atoms with E-state index < -0.39 is 0 Å². The maximum absolute atomic E-state index is 12.2. The molecule has 0 saturated carbocycles. The summed E-state index contributed by atoms with van der Waals surface area (Å²) in [4.78, 5) is 23.4. The highest BCUT2D eigenvalue weighted by Gasteiger charge is 2.12. The summed E-state index contributed by atoms with van der Waals surface area (Å²) in [6, 6.07) is 11.5. The number of carbonyl (C=O) groups is 2. The SMILES string of the molecule is COc1cc(N)ccc1C(=O)Nc1ccc(C(C)=O)cc1. The lowest BCUT2D eigenvalue weighted by Crippen LogP contribution is -2.13. The minimum absolute atomic E-state index is 0.0203. The Hall–Kier alpha value is -2.82. The highest BCUT2D eigenvalue weighted by Crippen LogP contribution is 2.22. The van der Waals surface area contributed by atoms with Gasteiger partial charge in [-0.05, 0) is 43.3 Å². The number of nitrogens with one attached hydrogen (secondary N) is 1. The van der Waals surface area contributed by atoms with Crippen LogP contribution in [0.4, 0.5) is 11.4 Å². The molecule has 2 rings (SSSR count). The first kappa shape index (κ1) is 14.6. The van der Waals surface area contributed by atoms with Crippen molar-refractivity contribution in [2.24, 2.45) is 0 Å². The first-order valence-electron chi connectivity index (χ1n) is 6.37. The lowest BCUT2D eigenvalue weighted by Gasteiger charge is -2.10. The molecule has 5 heteroatoms. The normalized spacial score (nSPS) is 10.0. The Bertz CT molecular complexity index is 678. The van der Waals surface area contributed by atoms with E-state index in [0.29, 0.717) is 28.3 Å². The van der Waals surface area contributed by atoms with E-state index in [1.165, 1.54) is 14.0 Å². The fourth-order valence-corrected chi connectivity index (χ4v) is 1.88. The molecule has 108 valence electrons. The molecule has 2 aromatic rings. The number of anilines is 2. The van der Waals surface area contributed by atoms with Crippen LogP contribution >= 0.6 is 0 Å². The zero-order chi connectivity index (χ0) is 15.4. The van der Waals surface area contributed by atoms with Gasteiger partial charge in [0, 0.05) is 23.0 Å². The van der Waals surface area contributed by atoms with Crippen molar-refractivity contribution >= 4 is 23.1 Å². The van der Waals surface area contributed by atoms with Crippen LogP contribution in [0.3, 0.4) is 0 Å². The van der Waals surface area contributed by atoms with Gasteiger partial charge in [-0.1, -0.05) is 0 Å². The summed E-state index contributed by atoms with van der Waals surface area (Å²) in [6.07, 6.45) is 0. The number of nitrogens with two attached hydrogens (primary N) is 1. The molecule has 3 N–H and O–H groups in total. The molecule has 0 aromatic heterocycles. The van der Waals surface area contributed by atoms with Crippen LogP contribution in [0, 0.1) is 0 Å². The van der Waals surface area contributed by atoms with Crippen molar-refractivity contribution in [3.8, 4) is 5.75 Å². The Morgan fingerprint density at radius 2 is 1.76 bits per heavy atom. The zero-order valence-electron chi connectivity index (χ0n) is 11.8. The molecule has 5 nitrogen and oxygen atoms in total. The fourth-order valence-electron chi connectivity index (χ4n) is 1.88. The number of hydrogen-bond donors (Lipinski definition) is 2. The molecule has 0 spiro atoms. The number of amides is 1. The van der Waals surface area contributed by atoms with Gasteiger partial charge >= 0.3 is 0 Å². The Labute approximate surface area is 122 Å². The van der Waals surface area contributed by atoms with Crippen molar-refractivity contribution in [3.05, 3.63) is 53.6 Å². The molecule has 21 heavy (non-hydrogen) atoms. The van der Waals surface area contributed by atoms with Gasteiger partial charge in [-0.2, -0.15) is 0 Å². The highest BCUT2D eigenvalue weighted by molar-refractivity contribution is 6.06. The molecule has 0 aliphatic heterocycles. The summed E-state index contributed by atoms with van der Waals surface area (Å²) in [5.41, 5.74) is 7.77. The van der Waals surface area contributed by atoms with Crippen molar-refractivity contribution < 1.29 is 14.3 Å². The third-order valence-electron chi connectivity index (χ3n) is 3.02. The highest BCUT2D eigenvalue weighted by atomic mass is 16.5. The van der Waals surface area contributed by atoms with Crippen molar-refractivity contribution in [2.45, 2.75) is 6.92 Å². The summed E-state index contributed by atoms with van der Waals surface area (Å²) in [7, 11) is 1.48. The summed E-state index contributed by atoms with van der Waals surface area (Å²) >= 11 is 0. The average Bonchev–Trinajstić information content (AvgIpc) is 2.47. The Morgan fingerprint density at radius 1 is 1.10 bits per heavy atom. The van der Waals surface area contributed by atoms with Crippen LogP contribution in [0.2, 0.25) is 0 Å². The van der Waals surface area contributed by atoms with E-state index in [0.717, 1.165) is 0 Å². The second-order valence-electron chi connectivity index (χ2n) is 4.55. The van der Waals surface area contributed by atoms with Gasteiger partial charge in [0.1, 0.15) is 5.75 Å². The molecule has 0 aliphatic rings. The fraction of sp³-hybridized carbons (Fsp3) is 0.125. The monoisotopic (exact) mass is 284 g/mol. The summed E-state index contributed by atoms with van der Waals surface area (Å²) in [5.74, 6) is 0.0864. The van der Waals surface area contributed by atoms with Crippen LogP contribution in [0.1, 0.15) is 27.6 Å². The van der Waals surface area contributed by atoms with E-state index in [1.807, 2.05) is 0 Å². The maximum Gasteiger partial charge on any atom is 0.259 e. The van der Waals surface area contributed by atoms with Gasteiger partial charge in [-0.15, -0.1) is 0 Å². The molecule has 0 heterocycles. The van der Waals surface area contributed by atoms with Gasteiger partial charge < -0.3 is 15.8 Å². The van der Waals surface area contributed by atoms with E-state index in [-0.39, 0.29) is 11.7 Å². The Balaban J connectivity index is 2.19. The lowest BCUT2D eigenvalue weighted by molar-refractivity contribution is 0.101. The van der Waals surface area contributed by atoms with Gasteiger partial charge in [-0.3, -0.25) is 9.59 Å². The third-order valence-corrected chi connectivity index (χ3v) is 3.02. The Kier molecular flexibility index (Phi) is 4.23. The van der Waals surface area contributed by atoms with Crippen LogP contribution < -0.4 is 15.8 Å². The van der Waals surface area contributed by atoms with Crippen molar-refractivity contribution in [1.82, 2.24) is 0 Å². The van der Waals surface area contributed by atoms with Gasteiger partial charge in [0.05, 0.1) is 12.7 Å². The van der Waals surface area contributed by atoms with Crippen LogP contribution in [0.5, 0.6) is 5.75 Å². The van der Waals surface area contributed by atoms with E-state index in [9.17, 15) is 9.59 Å². The number of hydrogen-bond acceptors (Lipinski definition) is 4. The first-order chi connectivity index (χ1) is 10.0. The van der Waals surface area contributed by atoms with E-state index >= 15 is 0 Å². The van der Waals surface area contributed by atoms with E-state index in [2.05, 4.69) is 5.32 Å². The molecule has 0 fully saturated rings. The molecule has 0 bridgehead atoms. The predicted octanol–water partition coefficient (Wildman–Crippen LogP) is 2.73. The van der Waals surface area contributed by atoms with E-state index in [1.54, 1.807) is 42.5 Å². The second kappa shape index (κ2) is 6.09. The largest absolute Gasteiger partial charge is 0.496 e. The first-order valence-corrected chi connectivity index (χ1v) is 6.37. The third kappa shape index (κ3) is 3.39.